The predicted octanol–water partition coefficient (Wildman–Crippen LogP) is 2.02. The topological polar surface area (TPSA) is 52.1 Å². The molecule has 3 fully saturated rings. The van der Waals surface area contributed by atoms with Crippen molar-refractivity contribution in [2.75, 3.05) is 57.4 Å². The summed E-state index contributed by atoms with van der Waals surface area (Å²) >= 11 is 0. The van der Waals surface area contributed by atoms with Crippen LogP contribution in [-0.4, -0.2) is 84.5 Å². The van der Waals surface area contributed by atoms with E-state index in [-0.39, 0.29) is 6.10 Å². The summed E-state index contributed by atoms with van der Waals surface area (Å²) in [5.41, 5.74) is 3.68. The predicted molar refractivity (Wildman–Crippen MR) is 115 cm³/mol. The lowest BCUT2D eigenvalue weighted by Gasteiger charge is -2.45. The Morgan fingerprint density at radius 1 is 1.07 bits per heavy atom. The Labute approximate surface area is 173 Å². The van der Waals surface area contributed by atoms with Gasteiger partial charge in [0.2, 0.25) is 0 Å². The second-order valence-corrected chi connectivity index (χ2v) is 8.88. The number of piperidine rings is 1. The number of ether oxygens (including phenoxy) is 1. The minimum absolute atomic E-state index is 0.101. The van der Waals surface area contributed by atoms with Crippen LogP contribution in [-0.2, 0) is 11.3 Å². The molecule has 6 nitrogen and oxygen atoms in total. The SMILES string of the molecule is Cc1ccc2cc(CN3CCC(N4CC(O)C4)CC3)c(N3CCOCC3)nc2c1. The van der Waals surface area contributed by atoms with Crippen molar-refractivity contribution in [1.29, 1.82) is 0 Å². The zero-order valence-corrected chi connectivity index (χ0v) is 17.4. The molecule has 3 aliphatic rings. The molecule has 2 aromatic rings. The Morgan fingerprint density at radius 2 is 1.83 bits per heavy atom. The number of anilines is 1. The van der Waals surface area contributed by atoms with Crippen LogP contribution in [0.4, 0.5) is 5.82 Å². The molecular weight excluding hydrogens is 364 g/mol. The molecule has 1 aromatic carbocycles. The van der Waals surface area contributed by atoms with E-state index in [9.17, 15) is 5.11 Å². The van der Waals surface area contributed by atoms with Gasteiger partial charge in [-0.1, -0.05) is 12.1 Å². The number of aromatic nitrogens is 1. The molecule has 5 rings (SSSR count). The van der Waals surface area contributed by atoms with Crippen molar-refractivity contribution < 1.29 is 9.84 Å². The number of aliphatic hydroxyl groups excluding tert-OH is 1. The van der Waals surface area contributed by atoms with Gasteiger partial charge in [-0.25, -0.2) is 4.98 Å². The number of aliphatic hydroxyl groups is 1. The number of fused-ring (bicyclic) bond motifs is 1. The number of likely N-dealkylation sites (tertiary alicyclic amines) is 2. The molecular formula is C23H32N4O2. The van der Waals surface area contributed by atoms with Gasteiger partial charge in [-0.3, -0.25) is 9.80 Å². The van der Waals surface area contributed by atoms with Gasteiger partial charge in [0.25, 0.3) is 0 Å². The maximum atomic E-state index is 9.58. The summed E-state index contributed by atoms with van der Waals surface area (Å²) in [6, 6.07) is 9.56. The summed E-state index contributed by atoms with van der Waals surface area (Å²) in [6.45, 7) is 10.4. The van der Waals surface area contributed by atoms with E-state index >= 15 is 0 Å². The van der Waals surface area contributed by atoms with Crippen LogP contribution in [0.25, 0.3) is 10.9 Å². The maximum Gasteiger partial charge on any atom is 0.133 e. The molecule has 0 atom stereocenters. The molecule has 3 saturated heterocycles. The van der Waals surface area contributed by atoms with Gasteiger partial charge in [0.15, 0.2) is 0 Å². The number of nitrogens with zero attached hydrogens (tertiary/aromatic N) is 4. The molecule has 6 heteroatoms. The second kappa shape index (κ2) is 8.19. The fraction of sp³-hybridized carbons (Fsp3) is 0.609. The van der Waals surface area contributed by atoms with Gasteiger partial charge in [-0.15, -0.1) is 0 Å². The zero-order chi connectivity index (χ0) is 19.8. The van der Waals surface area contributed by atoms with Crippen molar-refractivity contribution in [1.82, 2.24) is 14.8 Å². The van der Waals surface area contributed by atoms with E-state index in [1.165, 1.54) is 29.4 Å². The van der Waals surface area contributed by atoms with E-state index in [0.29, 0.717) is 6.04 Å². The Hall–Kier alpha value is -1.73. The molecule has 4 heterocycles. The standard InChI is InChI=1S/C23H32N4O2/c1-17-2-3-18-13-19(23(24-22(18)12-17)26-8-10-29-11-9-26)14-25-6-4-20(5-7-25)27-15-21(28)16-27/h2-3,12-13,20-21,28H,4-11,14-16H2,1H3. The van der Waals surface area contributed by atoms with E-state index in [0.717, 1.165) is 70.4 Å². The monoisotopic (exact) mass is 396 g/mol. The van der Waals surface area contributed by atoms with Crippen molar-refractivity contribution in [2.24, 2.45) is 0 Å². The van der Waals surface area contributed by atoms with Crippen LogP contribution in [0.2, 0.25) is 0 Å². The normalized spacial score (nSPS) is 22.9. The average molecular weight is 397 g/mol. The van der Waals surface area contributed by atoms with Crippen LogP contribution < -0.4 is 4.90 Å². The highest BCUT2D eigenvalue weighted by molar-refractivity contribution is 5.82. The molecule has 0 spiro atoms. The van der Waals surface area contributed by atoms with Gasteiger partial charge < -0.3 is 14.7 Å². The second-order valence-electron chi connectivity index (χ2n) is 8.88. The van der Waals surface area contributed by atoms with Crippen LogP contribution in [0.1, 0.15) is 24.0 Å². The number of hydrogen-bond donors (Lipinski definition) is 1. The van der Waals surface area contributed by atoms with Crippen molar-refractivity contribution in [2.45, 2.75) is 38.5 Å². The highest BCUT2D eigenvalue weighted by Gasteiger charge is 2.33. The fourth-order valence-corrected chi connectivity index (χ4v) is 4.95. The van der Waals surface area contributed by atoms with Crippen LogP contribution in [0, 0.1) is 6.92 Å². The maximum absolute atomic E-state index is 9.58. The third kappa shape index (κ3) is 4.12. The number of aryl methyl sites for hydroxylation is 1. The van der Waals surface area contributed by atoms with Gasteiger partial charge in [-0.05, 0) is 50.6 Å². The van der Waals surface area contributed by atoms with Crippen LogP contribution in [0.5, 0.6) is 0 Å². The minimum Gasteiger partial charge on any atom is -0.390 e. The average Bonchev–Trinajstić information content (AvgIpc) is 2.72. The van der Waals surface area contributed by atoms with Gasteiger partial charge in [0.05, 0.1) is 24.8 Å². The quantitative estimate of drug-likeness (QED) is 0.853. The lowest BCUT2D eigenvalue weighted by atomic mass is 9.98. The van der Waals surface area contributed by atoms with Crippen molar-refractivity contribution in [3.8, 4) is 0 Å². The number of β-amino-alcohol motifs (C(OH)–C–C–N with tert-alkyl or cyclic N) is 1. The Balaban J connectivity index is 1.34. The molecule has 156 valence electrons. The molecule has 0 aliphatic carbocycles. The molecule has 0 unspecified atom stereocenters. The van der Waals surface area contributed by atoms with Gasteiger partial charge in [0.1, 0.15) is 5.82 Å². The number of morpholine rings is 1. The summed E-state index contributed by atoms with van der Waals surface area (Å²) in [7, 11) is 0. The number of rotatable bonds is 4. The van der Waals surface area contributed by atoms with E-state index in [1.807, 2.05) is 0 Å². The van der Waals surface area contributed by atoms with E-state index < -0.39 is 0 Å². The van der Waals surface area contributed by atoms with Crippen LogP contribution in [0.3, 0.4) is 0 Å². The van der Waals surface area contributed by atoms with Crippen LogP contribution in [0.15, 0.2) is 24.3 Å². The van der Waals surface area contributed by atoms with Gasteiger partial charge in [0, 0.05) is 49.7 Å². The molecule has 1 aromatic heterocycles. The molecule has 0 amide bonds. The van der Waals surface area contributed by atoms with E-state index in [1.54, 1.807) is 0 Å². The zero-order valence-electron chi connectivity index (χ0n) is 17.4. The smallest absolute Gasteiger partial charge is 0.133 e. The summed E-state index contributed by atoms with van der Waals surface area (Å²) < 4.78 is 5.57. The minimum atomic E-state index is -0.101. The van der Waals surface area contributed by atoms with E-state index in [4.69, 9.17) is 9.72 Å². The molecule has 3 aliphatic heterocycles. The molecule has 0 bridgehead atoms. The van der Waals surface area contributed by atoms with Crippen LogP contribution >= 0.6 is 0 Å². The lowest BCUT2D eigenvalue weighted by molar-refractivity contribution is -0.0402. The van der Waals surface area contributed by atoms with E-state index in [2.05, 4.69) is 45.9 Å². The summed E-state index contributed by atoms with van der Waals surface area (Å²) in [5, 5.41) is 10.8. The first-order valence-electron chi connectivity index (χ1n) is 11.0. The summed E-state index contributed by atoms with van der Waals surface area (Å²) in [6.07, 6.45) is 2.29. The van der Waals surface area contributed by atoms with Gasteiger partial charge in [-0.2, -0.15) is 0 Å². The first-order chi connectivity index (χ1) is 14.2. The molecule has 0 radical (unpaired) electrons. The Morgan fingerprint density at radius 3 is 2.55 bits per heavy atom. The van der Waals surface area contributed by atoms with Crippen molar-refractivity contribution in [3.63, 3.8) is 0 Å². The molecule has 0 saturated carbocycles. The van der Waals surface area contributed by atoms with Gasteiger partial charge >= 0.3 is 0 Å². The van der Waals surface area contributed by atoms with Crippen molar-refractivity contribution >= 4 is 16.7 Å². The largest absolute Gasteiger partial charge is 0.390 e. The number of pyridine rings is 1. The summed E-state index contributed by atoms with van der Waals surface area (Å²) in [5.74, 6) is 1.14. The first kappa shape index (κ1) is 19.2. The third-order valence-corrected chi connectivity index (χ3v) is 6.70. The number of hydrogen-bond acceptors (Lipinski definition) is 6. The third-order valence-electron chi connectivity index (χ3n) is 6.70. The molecule has 29 heavy (non-hydrogen) atoms. The first-order valence-corrected chi connectivity index (χ1v) is 11.0. The Kier molecular flexibility index (Phi) is 5.43. The molecule has 1 N–H and O–H groups in total. The van der Waals surface area contributed by atoms with Crippen molar-refractivity contribution in [3.05, 3.63) is 35.4 Å². The summed E-state index contributed by atoms with van der Waals surface area (Å²) in [4.78, 5) is 12.5. The lowest BCUT2D eigenvalue weighted by Crippen LogP contribution is -2.57. The fourth-order valence-electron chi connectivity index (χ4n) is 4.95. The highest BCUT2D eigenvalue weighted by atomic mass is 16.5. The number of benzene rings is 1. The highest BCUT2D eigenvalue weighted by Crippen LogP contribution is 2.28. The Bertz CT molecular complexity index is 853.